The molecule has 0 aliphatic carbocycles. The molecule has 1 atom stereocenters. The molecule has 152 valence electrons. The molecule has 0 aliphatic rings. The molecule has 1 unspecified atom stereocenters. The van der Waals surface area contributed by atoms with Gasteiger partial charge in [0.15, 0.2) is 0 Å². The lowest BCUT2D eigenvalue weighted by molar-refractivity contribution is -0.159. The molecule has 0 spiro atoms. The fourth-order valence-corrected chi connectivity index (χ4v) is 2.71. The maximum absolute atomic E-state index is 11.6. The van der Waals surface area contributed by atoms with E-state index < -0.39 is 23.9 Å². The minimum atomic E-state index is -0.866. The van der Waals surface area contributed by atoms with Crippen LogP contribution in [0.3, 0.4) is 0 Å². The first-order valence-corrected chi connectivity index (χ1v) is 10.1. The van der Waals surface area contributed by atoms with E-state index in [0.29, 0.717) is 0 Å². The lowest BCUT2D eigenvalue weighted by Gasteiger charge is -2.08. The van der Waals surface area contributed by atoms with Gasteiger partial charge in [-0.1, -0.05) is 71.1 Å². The number of unbranched alkanes of at least 4 members (excludes halogenated alkanes) is 10. The molecule has 0 fully saturated rings. The maximum atomic E-state index is 11.6. The summed E-state index contributed by atoms with van der Waals surface area (Å²) in [5.41, 5.74) is 5.52. The van der Waals surface area contributed by atoms with Crippen LogP contribution in [0.5, 0.6) is 0 Å². The minimum absolute atomic E-state index is 0.0692. The summed E-state index contributed by atoms with van der Waals surface area (Å²) in [6, 6.07) is -0.866. The van der Waals surface area contributed by atoms with Gasteiger partial charge in [-0.15, -0.1) is 0 Å². The Kier molecular flexibility index (Phi) is 16.1. The van der Waals surface area contributed by atoms with Crippen molar-refractivity contribution in [1.82, 2.24) is 0 Å². The predicted octanol–water partition coefficient (Wildman–Crippen LogP) is 4.04. The van der Waals surface area contributed by atoms with Gasteiger partial charge in [-0.3, -0.25) is 14.4 Å². The number of ether oxygens (including phenoxy) is 2. The third-order valence-corrected chi connectivity index (χ3v) is 4.38. The first-order valence-electron chi connectivity index (χ1n) is 10.1. The molecule has 0 saturated heterocycles. The summed E-state index contributed by atoms with van der Waals surface area (Å²) in [5, 5.41) is 0. The third-order valence-electron chi connectivity index (χ3n) is 4.38. The molecule has 0 aliphatic heterocycles. The number of methoxy groups -OCH3 is 1. The molecule has 0 saturated carbocycles. The van der Waals surface area contributed by atoms with Crippen molar-refractivity contribution in [3.05, 3.63) is 0 Å². The molecule has 6 nitrogen and oxygen atoms in total. The highest BCUT2D eigenvalue weighted by Gasteiger charge is 2.17. The van der Waals surface area contributed by atoms with Crippen LogP contribution >= 0.6 is 0 Å². The molecular weight excluding hydrogens is 334 g/mol. The first kappa shape index (κ1) is 24.6. The SMILES string of the molecule is CCCCCCCCCCCCCC(=O)OC(=O)CCC(N)C(=O)OC. The molecule has 0 aromatic heterocycles. The Bertz CT molecular complexity index is 398. The van der Waals surface area contributed by atoms with Gasteiger partial charge >= 0.3 is 17.9 Å². The van der Waals surface area contributed by atoms with E-state index in [2.05, 4.69) is 11.7 Å². The quantitative estimate of drug-likeness (QED) is 0.250. The smallest absolute Gasteiger partial charge is 0.322 e. The van der Waals surface area contributed by atoms with Gasteiger partial charge in [-0.2, -0.15) is 0 Å². The fourth-order valence-electron chi connectivity index (χ4n) is 2.71. The molecule has 0 radical (unpaired) electrons. The first-order chi connectivity index (χ1) is 12.5. The Labute approximate surface area is 158 Å². The van der Waals surface area contributed by atoms with Crippen LogP contribution in [0.2, 0.25) is 0 Å². The molecular formula is C20H37NO5. The van der Waals surface area contributed by atoms with E-state index in [0.717, 1.165) is 19.3 Å². The number of nitrogens with two attached hydrogens (primary N) is 1. The van der Waals surface area contributed by atoms with Crippen LogP contribution in [-0.4, -0.2) is 31.1 Å². The van der Waals surface area contributed by atoms with Crippen molar-refractivity contribution >= 4 is 17.9 Å². The molecule has 0 heterocycles. The molecule has 0 rings (SSSR count). The second-order valence-corrected chi connectivity index (χ2v) is 6.80. The minimum Gasteiger partial charge on any atom is -0.468 e. The molecule has 0 bridgehead atoms. The van der Waals surface area contributed by atoms with Crippen molar-refractivity contribution in [1.29, 1.82) is 0 Å². The maximum Gasteiger partial charge on any atom is 0.322 e. The van der Waals surface area contributed by atoms with Crippen molar-refractivity contribution in [3.8, 4) is 0 Å². The highest BCUT2D eigenvalue weighted by molar-refractivity contribution is 5.85. The van der Waals surface area contributed by atoms with Crippen LogP contribution in [0.25, 0.3) is 0 Å². The van der Waals surface area contributed by atoms with Crippen LogP contribution in [-0.2, 0) is 23.9 Å². The molecule has 0 aromatic rings. The van der Waals surface area contributed by atoms with Crippen molar-refractivity contribution in [2.45, 2.75) is 103 Å². The van der Waals surface area contributed by atoms with Gasteiger partial charge in [0.2, 0.25) is 0 Å². The second kappa shape index (κ2) is 17.0. The van der Waals surface area contributed by atoms with E-state index in [1.165, 1.54) is 58.5 Å². The van der Waals surface area contributed by atoms with Crippen molar-refractivity contribution < 1.29 is 23.9 Å². The van der Waals surface area contributed by atoms with Crippen molar-refractivity contribution in [3.63, 3.8) is 0 Å². The Morgan fingerprint density at radius 2 is 1.23 bits per heavy atom. The summed E-state index contributed by atoms with van der Waals surface area (Å²) in [4.78, 5) is 34.2. The molecule has 2 N–H and O–H groups in total. The van der Waals surface area contributed by atoms with Crippen LogP contribution in [0.1, 0.15) is 96.8 Å². The second-order valence-electron chi connectivity index (χ2n) is 6.80. The van der Waals surface area contributed by atoms with E-state index in [9.17, 15) is 14.4 Å². The van der Waals surface area contributed by atoms with Crippen LogP contribution in [0.4, 0.5) is 0 Å². The normalized spacial score (nSPS) is 11.8. The number of hydrogen-bond donors (Lipinski definition) is 1. The van der Waals surface area contributed by atoms with E-state index in [1.54, 1.807) is 0 Å². The standard InChI is InChI=1S/C20H37NO5/c1-3-4-5-6-7-8-9-10-11-12-13-14-18(22)26-19(23)16-15-17(21)20(24)25-2/h17H,3-16,21H2,1-2H3. The van der Waals surface area contributed by atoms with Gasteiger partial charge in [0.25, 0.3) is 0 Å². The summed E-state index contributed by atoms with van der Waals surface area (Å²) in [5.74, 6) is -1.72. The monoisotopic (exact) mass is 371 g/mol. The Morgan fingerprint density at radius 3 is 1.73 bits per heavy atom. The lowest BCUT2D eigenvalue weighted by atomic mass is 10.1. The van der Waals surface area contributed by atoms with Gasteiger partial charge in [-0.05, 0) is 12.8 Å². The molecule has 0 amide bonds. The van der Waals surface area contributed by atoms with Gasteiger partial charge in [0.05, 0.1) is 7.11 Å². The Balaban J connectivity index is 3.48. The number of rotatable bonds is 16. The zero-order valence-electron chi connectivity index (χ0n) is 16.6. The average Bonchev–Trinajstić information content (AvgIpc) is 2.63. The predicted molar refractivity (Wildman–Crippen MR) is 101 cm³/mol. The number of carbonyl (C=O) groups excluding carboxylic acids is 3. The van der Waals surface area contributed by atoms with Gasteiger partial charge < -0.3 is 15.2 Å². The summed E-state index contributed by atoms with van der Waals surface area (Å²) in [6.45, 7) is 2.23. The van der Waals surface area contributed by atoms with E-state index in [4.69, 9.17) is 10.5 Å². The summed E-state index contributed by atoms with van der Waals surface area (Å²) >= 11 is 0. The molecule has 0 aromatic carbocycles. The summed E-state index contributed by atoms with van der Waals surface area (Å²) < 4.78 is 9.19. The fraction of sp³-hybridized carbons (Fsp3) is 0.850. The third kappa shape index (κ3) is 14.9. The lowest BCUT2D eigenvalue weighted by Crippen LogP contribution is -2.32. The van der Waals surface area contributed by atoms with Crippen molar-refractivity contribution in [2.24, 2.45) is 5.73 Å². The topological polar surface area (TPSA) is 95.7 Å². The molecule has 6 heteroatoms. The van der Waals surface area contributed by atoms with Gasteiger partial charge in [-0.25, -0.2) is 0 Å². The zero-order chi connectivity index (χ0) is 19.6. The van der Waals surface area contributed by atoms with E-state index >= 15 is 0 Å². The van der Waals surface area contributed by atoms with E-state index in [-0.39, 0.29) is 19.3 Å². The van der Waals surface area contributed by atoms with Gasteiger partial charge in [0.1, 0.15) is 6.04 Å². The molecule has 26 heavy (non-hydrogen) atoms. The highest BCUT2D eigenvalue weighted by Crippen LogP contribution is 2.12. The van der Waals surface area contributed by atoms with Crippen molar-refractivity contribution in [2.75, 3.05) is 7.11 Å². The highest BCUT2D eigenvalue weighted by atomic mass is 16.6. The van der Waals surface area contributed by atoms with Gasteiger partial charge in [0, 0.05) is 12.8 Å². The number of esters is 3. The number of carbonyl (C=O) groups is 3. The Hall–Kier alpha value is -1.43. The van der Waals surface area contributed by atoms with Crippen LogP contribution < -0.4 is 5.73 Å². The van der Waals surface area contributed by atoms with Crippen LogP contribution in [0.15, 0.2) is 0 Å². The zero-order valence-corrected chi connectivity index (χ0v) is 16.6. The average molecular weight is 372 g/mol. The Morgan fingerprint density at radius 1 is 0.769 bits per heavy atom. The van der Waals surface area contributed by atoms with Crippen LogP contribution in [0, 0.1) is 0 Å². The summed E-state index contributed by atoms with van der Waals surface area (Å²) in [7, 11) is 1.23. The largest absolute Gasteiger partial charge is 0.468 e. The van der Waals surface area contributed by atoms with E-state index in [1.807, 2.05) is 0 Å². The number of hydrogen-bond acceptors (Lipinski definition) is 6. The summed E-state index contributed by atoms with van der Waals surface area (Å²) in [6.07, 6.45) is 13.5.